The van der Waals surface area contributed by atoms with Crippen LogP contribution in [0.25, 0.3) is 0 Å². The summed E-state index contributed by atoms with van der Waals surface area (Å²) in [5, 5.41) is 13.1. The van der Waals surface area contributed by atoms with Gasteiger partial charge in [0.2, 0.25) is 35.4 Å². The van der Waals surface area contributed by atoms with Crippen molar-refractivity contribution in [2.24, 2.45) is 17.8 Å². The van der Waals surface area contributed by atoms with Gasteiger partial charge in [-0.3, -0.25) is 33.6 Å². The molecule has 14 heteroatoms. The number of carbonyl (C=O) groups is 7. The normalized spacial score (nSPS) is 16.5. The average molecular weight is 639 g/mol. The molecule has 0 spiro atoms. The molecule has 0 unspecified atom stereocenters. The molecule has 5 N–H and O–H groups in total. The first kappa shape index (κ1) is 39.3. The highest BCUT2D eigenvalue weighted by atomic mass is 16.5. The van der Waals surface area contributed by atoms with E-state index in [-0.39, 0.29) is 43.2 Å². The summed E-state index contributed by atoms with van der Waals surface area (Å²) in [7, 11) is 0. The Balaban J connectivity index is 2.88. The number of nitrogens with one attached hydrogen (secondary N) is 5. The highest BCUT2D eigenvalue weighted by Gasteiger charge is 2.35. The standard InChI is InChI=1S/C31H54N6O8/c1-9-45-27(40)17-33-29(42)22(13-18(2)3)35-30(43)24(15-20(6)7)34-26(39)16-32-28(41)23(14-19(4)5)36-31(44)25-11-10-12-37(25)21(8)38/h18-20,22-25H,9-17H2,1-8H3,(H,32,41)(H,33,42)(H,34,39)(H,35,43)(H,36,44)/t22-,23-,24-,25-/m0/s1. The van der Waals surface area contributed by atoms with E-state index in [0.717, 1.165) is 0 Å². The first-order chi connectivity index (χ1) is 21.0. The Morgan fingerprint density at radius 1 is 0.711 bits per heavy atom. The molecule has 256 valence electrons. The lowest BCUT2D eigenvalue weighted by Gasteiger charge is -2.26. The highest BCUT2D eigenvalue weighted by molar-refractivity contribution is 5.95. The molecule has 0 saturated carbocycles. The average Bonchev–Trinajstić information content (AvgIpc) is 3.44. The number of ether oxygens (including phenoxy) is 1. The molecule has 0 aromatic heterocycles. The highest BCUT2D eigenvalue weighted by Crippen LogP contribution is 2.18. The number of hydrogen-bond donors (Lipinski definition) is 5. The second-order valence-electron chi connectivity index (χ2n) is 12.7. The minimum atomic E-state index is -0.993. The molecule has 0 aliphatic carbocycles. The van der Waals surface area contributed by atoms with Gasteiger partial charge in [0, 0.05) is 13.5 Å². The molecule has 0 aromatic rings. The number of likely N-dealkylation sites (tertiary alicyclic amines) is 1. The Morgan fingerprint density at radius 2 is 1.20 bits per heavy atom. The quantitative estimate of drug-likeness (QED) is 0.133. The smallest absolute Gasteiger partial charge is 0.325 e. The first-order valence-corrected chi connectivity index (χ1v) is 15.9. The van der Waals surface area contributed by atoms with Gasteiger partial charge < -0.3 is 36.2 Å². The molecule has 4 atom stereocenters. The Hall–Kier alpha value is -3.71. The fourth-order valence-electron chi connectivity index (χ4n) is 5.10. The molecule has 1 saturated heterocycles. The molecule has 0 aromatic carbocycles. The summed E-state index contributed by atoms with van der Waals surface area (Å²) in [4.78, 5) is 90.1. The number of carbonyl (C=O) groups excluding carboxylic acids is 7. The maximum Gasteiger partial charge on any atom is 0.325 e. The van der Waals surface area contributed by atoms with Crippen molar-refractivity contribution in [1.82, 2.24) is 31.5 Å². The third-order valence-electron chi connectivity index (χ3n) is 7.13. The summed E-state index contributed by atoms with van der Waals surface area (Å²) < 4.78 is 4.83. The lowest BCUT2D eigenvalue weighted by Crippen LogP contribution is -2.56. The van der Waals surface area contributed by atoms with Crippen LogP contribution in [0.2, 0.25) is 0 Å². The van der Waals surface area contributed by atoms with Gasteiger partial charge in [-0.25, -0.2) is 0 Å². The summed E-state index contributed by atoms with van der Waals surface area (Å²) in [5.41, 5.74) is 0. The van der Waals surface area contributed by atoms with Crippen molar-refractivity contribution in [2.75, 3.05) is 26.2 Å². The molecule has 0 radical (unpaired) electrons. The van der Waals surface area contributed by atoms with Crippen LogP contribution in [0.5, 0.6) is 0 Å². The van der Waals surface area contributed by atoms with E-state index in [1.165, 1.54) is 11.8 Å². The summed E-state index contributed by atoms with van der Waals surface area (Å²) >= 11 is 0. The van der Waals surface area contributed by atoms with E-state index in [2.05, 4.69) is 26.6 Å². The van der Waals surface area contributed by atoms with E-state index in [4.69, 9.17) is 4.74 Å². The van der Waals surface area contributed by atoms with Gasteiger partial charge in [0.25, 0.3) is 0 Å². The molecular weight excluding hydrogens is 584 g/mol. The minimum Gasteiger partial charge on any atom is -0.465 e. The Kier molecular flexibility index (Phi) is 17.1. The maximum absolute atomic E-state index is 13.3. The lowest BCUT2D eigenvalue weighted by molar-refractivity contribution is -0.143. The van der Waals surface area contributed by atoms with Crippen LogP contribution in [0.4, 0.5) is 0 Å². The van der Waals surface area contributed by atoms with Crippen LogP contribution >= 0.6 is 0 Å². The molecular formula is C31H54N6O8. The topological polar surface area (TPSA) is 192 Å². The van der Waals surface area contributed by atoms with Crippen molar-refractivity contribution in [3.63, 3.8) is 0 Å². The molecule has 0 bridgehead atoms. The summed E-state index contributed by atoms with van der Waals surface area (Å²) in [6.45, 7) is 14.3. The van der Waals surface area contributed by atoms with E-state index in [1.807, 2.05) is 41.5 Å². The molecule has 1 aliphatic rings. The maximum atomic E-state index is 13.3. The number of rotatable bonds is 18. The van der Waals surface area contributed by atoms with Crippen LogP contribution in [0.1, 0.15) is 87.5 Å². The lowest BCUT2D eigenvalue weighted by atomic mass is 10.00. The van der Waals surface area contributed by atoms with E-state index in [9.17, 15) is 33.6 Å². The molecule has 1 fully saturated rings. The molecule has 14 nitrogen and oxygen atoms in total. The van der Waals surface area contributed by atoms with Crippen molar-refractivity contribution >= 4 is 41.4 Å². The van der Waals surface area contributed by atoms with Crippen molar-refractivity contribution in [1.29, 1.82) is 0 Å². The van der Waals surface area contributed by atoms with Crippen molar-refractivity contribution < 1.29 is 38.3 Å². The van der Waals surface area contributed by atoms with Crippen LogP contribution in [-0.4, -0.2) is 96.7 Å². The first-order valence-electron chi connectivity index (χ1n) is 15.9. The predicted molar refractivity (Wildman–Crippen MR) is 167 cm³/mol. The zero-order valence-electron chi connectivity index (χ0n) is 28.1. The summed E-state index contributed by atoms with van der Waals surface area (Å²) in [6.07, 6.45) is 2.09. The SMILES string of the molecule is CCOC(=O)CNC(=O)[C@H](CC(C)C)NC(=O)[C@H](CC(C)C)NC(=O)CNC(=O)[C@H](CC(C)C)NC(=O)[C@@H]1CCCN1C(C)=O. The third-order valence-corrected chi connectivity index (χ3v) is 7.13. The summed E-state index contributed by atoms with van der Waals surface area (Å²) in [5.74, 6) is -3.42. The van der Waals surface area contributed by atoms with Gasteiger partial charge in [-0.15, -0.1) is 0 Å². The number of hydrogen-bond acceptors (Lipinski definition) is 8. The Bertz CT molecular complexity index is 1050. The fourth-order valence-corrected chi connectivity index (χ4v) is 5.10. The largest absolute Gasteiger partial charge is 0.465 e. The third kappa shape index (κ3) is 14.7. The second kappa shape index (κ2) is 19.6. The summed E-state index contributed by atoms with van der Waals surface area (Å²) in [6, 6.07) is -3.50. The van der Waals surface area contributed by atoms with E-state index in [1.54, 1.807) is 6.92 Å². The fraction of sp³-hybridized carbons (Fsp3) is 0.774. The van der Waals surface area contributed by atoms with E-state index >= 15 is 0 Å². The molecule has 1 aliphatic heterocycles. The van der Waals surface area contributed by atoms with Crippen LogP contribution in [0.3, 0.4) is 0 Å². The minimum absolute atomic E-state index is 0.00706. The van der Waals surface area contributed by atoms with Crippen molar-refractivity contribution in [3.8, 4) is 0 Å². The zero-order valence-corrected chi connectivity index (χ0v) is 28.1. The van der Waals surface area contributed by atoms with E-state index < -0.39 is 66.2 Å². The number of amides is 6. The van der Waals surface area contributed by atoms with Gasteiger partial charge in [-0.05, 0) is 56.8 Å². The number of esters is 1. The van der Waals surface area contributed by atoms with Gasteiger partial charge in [-0.1, -0.05) is 41.5 Å². The predicted octanol–water partition coefficient (Wildman–Crippen LogP) is 0.386. The van der Waals surface area contributed by atoms with Crippen LogP contribution in [0.15, 0.2) is 0 Å². The van der Waals surface area contributed by atoms with Gasteiger partial charge in [0.1, 0.15) is 30.7 Å². The molecule has 1 rings (SSSR count). The Morgan fingerprint density at radius 3 is 1.69 bits per heavy atom. The monoisotopic (exact) mass is 638 g/mol. The molecule has 6 amide bonds. The van der Waals surface area contributed by atoms with Crippen LogP contribution < -0.4 is 26.6 Å². The van der Waals surface area contributed by atoms with Gasteiger partial charge in [0.15, 0.2) is 0 Å². The van der Waals surface area contributed by atoms with Crippen molar-refractivity contribution in [3.05, 3.63) is 0 Å². The van der Waals surface area contributed by atoms with Gasteiger partial charge in [0.05, 0.1) is 13.2 Å². The van der Waals surface area contributed by atoms with Gasteiger partial charge in [-0.2, -0.15) is 0 Å². The molecule has 45 heavy (non-hydrogen) atoms. The van der Waals surface area contributed by atoms with Crippen LogP contribution in [-0.2, 0) is 38.3 Å². The second-order valence-corrected chi connectivity index (χ2v) is 12.7. The van der Waals surface area contributed by atoms with E-state index in [0.29, 0.717) is 32.2 Å². The zero-order chi connectivity index (χ0) is 34.3. The van der Waals surface area contributed by atoms with Gasteiger partial charge >= 0.3 is 5.97 Å². The van der Waals surface area contributed by atoms with Crippen LogP contribution in [0, 0.1) is 17.8 Å². The number of nitrogens with zero attached hydrogens (tertiary/aromatic N) is 1. The van der Waals surface area contributed by atoms with Crippen molar-refractivity contribution in [2.45, 2.75) is 112 Å². The molecule has 1 heterocycles. The Labute approximate surface area is 266 Å².